The first-order valence-electron chi connectivity index (χ1n) is 9.00. The molecule has 1 aliphatic heterocycles. The van der Waals surface area contributed by atoms with Crippen LogP contribution < -0.4 is 4.90 Å². The molecule has 1 N–H and O–H groups in total. The third kappa shape index (κ3) is 4.22. The van der Waals surface area contributed by atoms with Crippen molar-refractivity contribution in [3.05, 3.63) is 59.7 Å². The summed E-state index contributed by atoms with van der Waals surface area (Å²) in [6.07, 6.45) is -1.19. The number of hydrogen-bond acceptors (Lipinski definition) is 6. The van der Waals surface area contributed by atoms with Crippen LogP contribution in [0.1, 0.15) is 21.2 Å². The molecular formula is C21H24N2O4S. The Kier molecular flexibility index (Phi) is 6.39. The maximum atomic E-state index is 13.1. The average Bonchev–Trinajstić information content (AvgIpc) is 2.81. The zero-order valence-corrected chi connectivity index (χ0v) is 17.0. The molecule has 3 rings (SSSR count). The van der Waals surface area contributed by atoms with E-state index >= 15 is 0 Å². The van der Waals surface area contributed by atoms with E-state index in [1.54, 1.807) is 29.2 Å². The van der Waals surface area contributed by atoms with Crippen molar-refractivity contribution in [3.63, 3.8) is 0 Å². The molecule has 2 aromatic rings. The highest BCUT2D eigenvalue weighted by atomic mass is 32.2. The van der Waals surface area contributed by atoms with Gasteiger partial charge in [0.15, 0.2) is 0 Å². The molecule has 2 aromatic carbocycles. The maximum absolute atomic E-state index is 13.1. The van der Waals surface area contributed by atoms with Crippen LogP contribution in [0.4, 0.5) is 5.69 Å². The Bertz CT molecular complexity index is 854. The van der Waals surface area contributed by atoms with Crippen LogP contribution in [0.2, 0.25) is 0 Å². The molecule has 0 aromatic heterocycles. The average molecular weight is 401 g/mol. The molecule has 0 saturated heterocycles. The minimum absolute atomic E-state index is 0.318. The summed E-state index contributed by atoms with van der Waals surface area (Å²) in [7, 11) is 5.23. The van der Waals surface area contributed by atoms with Crippen LogP contribution >= 0.6 is 11.8 Å². The van der Waals surface area contributed by atoms with Crippen molar-refractivity contribution >= 4 is 29.3 Å². The fourth-order valence-electron chi connectivity index (χ4n) is 3.10. The second-order valence-electron chi connectivity index (χ2n) is 6.86. The number of thioether (sulfide) groups is 1. The van der Waals surface area contributed by atoms with Gasteiger partial charge in [-0.25, -0.2) is 4.79 Å². The SMILES string of the molecule is COC(=O)c1ccc(C2Sc3ccccc3N(CCN(C)C)C(=O)C2O)cc1. The summed E-state index contributed by atoms with van der Waals surface area (Å²) in [6, 6.07) is 14.5. The zero-order chi connectivity index (χ0) is 20.3. The number of likely N-dealkylation sites (N-methyl/N-ethyl adjacent to an activating group) is 1. The molecule has 1 aliphatic rings. The Morgan fingerprint density at radius 3 is 2.50 bits per heavy atom. The molecule has 1 heterocycles. The van der Waals surface area contributed by atoms with E-state index in [-0.39, 0.29) is 5.91 Å². The number of carbonyl (C=O) groups is 2. The molecular weight excluding hydrogens is 376 g/mol. The lowest BCUT2D eigenvalue weighted by Gasteiger charge is -2.26. The summed E-state index contributed by atoms with van der Waals surface area (Å²) < 4.78 is 4.73. The van der Waals surface area contributed by atoms with Gasteiger partial charge in [0, 0.05) is 18.0 Å². The number of hydrogen-bond donors (Lipinski definition) is 1. The van der Waals surface area contributed by atoms with Crippen molar-refractivity contribution in [2.75, 3.05) is 39.2 Å². The summed E-state index contributed by atoms with van der Waals surface area (Å²) in [5.41, 5.74) is 2.02. The molecule has 2 atom stereocenters. The first-order valence-corrected chi connectivity index (χ1v) is 9.88. The molecule has 148 valence electrons. The molecule has 28 heavy (non-hydrogen) atoms. The van der Waals surface area contributed by atoms with Crippen LogP contribution in [-0.4, -0.2) is 62.3 Å². The molecule has 7 heteroatoms. The fraction of sp³-hybridized carbons (Fsp3) is 0.333. The van der Waals surface area contributed by atoms with Crippen molar-refractivity contribution in [1.82, 2.24) is 4.90 Å². The van der Waals surface area contributed by atoms with E-state index in [4.69, 9.17) is 4.74 Å². The summed E-state index contributed by atoms with van der Waals surface area (Å²) >= 11 is 1.46. The number of methoxy groups -OCH3 is 1. The van der Waals surface area contributed by atoms with E-state index in [1.807, 2.05) is 43.3 Å². The fourth-order valence-corrected chi connectivity index (χ4v) is 4.36. The smallest absolute Gasteiger partial charge is 0.337 e. The van der Waals surface area contributed by atoms with E-state index in [9.17, 15) is 14.7 Å². The second-order valence-corrected chi connectivity index (χ2v) is 8.04. The second kappa shape index (κ2) is 8.77. The van der Waals surface area contributed by atoms with Crippen LogP contribution in [-0.2, 0) is 9.53 Å². The number of aliphatic hydroxyl groups is 1. The first kappa shape index (κ1) is 20.4. The Hall–Kier alpha value is -2.35. The summed E-state index contributed by atoms with van der Waals surface area (Å²) in [5.74, 6) is -0.738. The van der Waals surface area contributed by atoms with Crippen LogP contribution in [0, 0.1) is 0 Å². The van der Waals surface area contributed by atoms with Gasteiger partial charge in [-0.1, -0.05) is 24.3 Å². The molecule has 6 nitrogen and oxygen atoms in total. The molecule has 1 amide bonds. The molecule has 0 aliphatic carbocycles. The number of para-hydroxylation sites is 1. The standard InChI is InChI=1S/C21H24N2O4S/c1-22(2)12-13-23-16-6-4-5-7-17(16)28-19(18(24)20(23)25)14-8-10-15(11-9-14)21(26)27-3/h4-11,18-19,24H,12-13H2,1-3H3. The zero-order valence-electron chi connectivity index (χ0n) is 16.2. The van der Waals surface area contributed by atoms with Gasteiger partial charge < -0.3 is 19.6 Å². The lowest BCUT2D eigenvalue weighted by molar-refractivity contribution is -0.126. The lowest BCUT2D eigenvalue weighted by atomic mass is 10.0. The first-order chi connectivity index (χ1) is 13.4. The predicted molar refractivity (Wildman–Crippen MR) is 110 cm³/mol. The number of carbonyl (C=O) groups excluding carboxylic acids is 2. The Labute approximate surface area is 169 Å². The number of ether oxygens (including phenoxy) is 1. The van der Waals surface area contributed by atoms with Gasteiger partial charge in [-0.05, 0) is 43.9 Å². The third-order valence-electron chi connectivity index (χ3n) is 4.65. The van der Waals surface area contributed by atoms with Gasteiger partial charge in [0.1, 0.15) is 6.10 Å². The lowest BCUT2D eigenvalue weighted by Crippen LogP contribution is -2.43. The van der Waals surface area contributed by atoms with Gasteiger partial charge in [-0.2, -0.15) is 0 Å². The van der Waals surface area contributed by atoms with E-state index < -0.39 is 17.3 Å². The number of esters is 1. The number of anilines is 1. The number of nitrogens with zero attached hydrogens (tertiary/aromatic N) is 2. The van der Waals surface area contributed by atoms with Crippen molar-refractivity contribution in [2.24, 2.45) is 0 Å². The van der Waals surface area contributed by atoms with Crippen molar-refractivity contribution in [1.29, 1.82) is 0 Å². The van der Waals surface area contributed by atoms with Crippen molar-refractivity contribution in [2.45, 2.75) is 16.2 Å². The Morgan fingerprint density at radius 2 is 1.86 bits per heavy atom. The van der Waals surface area contributed by atoms with E-state index in [1.165, 1.54) is 18.9 Å². The third-order valence-corrected chi connectivity index (χ3v) is 6.03. The van der Waals surface area contributed by atoms with Gasteiger partial charge >= 0.3 is 5.97 Å². The molecule has 2 unspecified atom stereocenters. The van der Waals surface area contributed by atoms with E-state index in [0.29, 0.717) is 18.7 Å². The number of benzene rings is 2. The van der Waals surface area contributed by atoms with Gasteiger partial charge in [0.2, 0.25) is 0 Å². The highest BCUT2D eigenvalue weighted by Gasteiger charge is 2.37. The van der Waals surface area contributed by atoms with Crippen LogP contribution in [0.25, 0.3) is 0 Å². The van der Waals surface area contributed by atoms with Gasteiger partial charge in [0.25, 0.3) is 5.91 Å². The van der Waals surface area contributed by atoms with Crippen molar-refractivity contribution in [3.8, 4) is 0 Å². The Morgan fingerprint density at radius 1 is 1.18 bits per heavy atom. The van der Waals surface area contributed by atoms with E-state index in [0.717, 1.165) is 16.1 Å². The Balaban J connectivity index is 1.95. The highest BCUT2D eigenvalue weighted by molar-refractivity contribution is 7.99. The maximum Gasteiger partial charge on any atom is 0.337 e. The normalized spacial score (nSPS) is 19.3. The highest BCUT2D eigenvalue weighted by Crippen LogP contribution is 2.45. The minimum Gasteiger partial charge on any atom is -0.465 e. The number of rotatable bonds is 5. The van der Waals surface area contributed by atoms with Crippen molar-refractivity contribution < 1.29 is 19.4 Å². The van der Waals surface area contributed by atoms with Gasteiger partial charge in [-0.3, -0.25) is 4.79 Å². The summed E-state index contributed by atoms with van der Waals surface area (Å²) in [5, 5.41) is 10.4. The molecule has 0 spiro atoms. The molecule has 0 fully saturated rings. The van der Waals surface area contributed by atoms with Crippen LogP contribution in [0.3, 0.4) is 0 Å². The summed E-state index contributed by atoms with van der Waals surface area (Å²) in [6.45, 7) is 1.18. The topological polar surface area (TPSA) is 70.1 Å². The molecule has 0 saturated carbocycles. The largest absolute Gasteiger partial charge is 0.465 e. The molecule has 0 radical (unpaired) electrons. The minimum atomic E-state index is -1.19. The van der Waals surface area contributed by atoms with Crippen LogP contribution in [0.15, 0.2) is 53.4 Å². The van der Waals surface area contributed by atoms with Gasteiger partial charge in [0.05, 0.1) is 23.6 Å². The number of fused-ring (bicyclic) bond motifs is 1. The van der Waals surface area contributed by atoms with E-state index in [2.05, 4.69) is 0 Å². The van der Waals surface area contributed by atoms with Gasteiger partial charge in [-0.15, -0.1) is 11.8 Å². The van der Waals surface area contributed by atoms with Crippen LogP contribution in [0.5, 0.6) is 0 Å². The summed E-state index contributed by atoms with van der Waals surface area (Å²) in [4.78, 5) is 29.4. The monoisotopic (exact) mass is 400 g/mol. The number of amides is 1. The quantitative estimate of drug-likeness (QED) is 0.778. The predicted octanol–water partition coefficient (Wildman–Crippen LogP) is 2.58. The number of aliphatic hydroxyl groups excluding tert-OH is 1. The molecule has 0 bridgehead atoms.